The van der Waals surface area contributed by atoms with Gasteiger partial charge in [0.1, 0.15) is 0 Å². The van der Waals surface area contributed by atoms with E-state index < -0.39 is 5.09 Å². The summed E-state index contributed by atoms with van der Waals surface area (Å²) in [5.41, 5.74) is 0. The summed E-state index contributed by atoms with van der Waals surface area (Å²) >= 11 is 0. The van der Waals surface area contributed by atoms with Crippen LogP contribution in [0.3, 0.4) is 0 Å². The number of hydrogen-bond donors (Lipinski definition) is 1. The van der Waals surface area contributed by atoms with Crippen LogP contribution in [0, 0.1) is 15.3 Å². The van der Waals surface area contributed by atoms with E-state index in [1.165, 1.54) is 0 Å². The van der Waals surface area contributed by atoms with Crippen molar-refractivity contribution in [3.63, 3.8) is 0 Å². The van der Waals surface area contributed by atoms with E-state index in [1.54, 1.807) is 0 Å². The molecule has 0 spiro atoms. The summed E-state index contributed by atoms with van der Waals surface area (Å²) in [5, 5.41) is 14.8. The van der Waals surface area contributed by atoms with Crippen molar-refractivity contribution in [2.24, 2.45) is 0 Å². The SMILES string of the molecule is N.O=[N+]([O-])[O-].[Pt+2]. The molecule has 3 N–H and O–H groups in total. The molecule has 6 heteroatoms. The maximum absolute atomic E-state index is 8.25. The normalized spacial score (nSPS) is 4.00. The van der Waals surface area contributed by atoms with E-state index in [2.05, 4.69) is 0 Å². The van der Waals surface area contributed by atoms with Crippen molar-refractivity contribution in [3.05, 3.63) is 15.3 Å². The van der Waals surface area contributed by atoms with Crippen LogP contribution in [0.1, 0.15) is 0 Å². The first-order chi connectivity index (χ1) is 1.73. The van der Waals surface area contributed by atoms with Crippen molar-refractivity contribution in [2.75, 3.05) is 0 Å². The Morgan fingerprint density at radius 1 is 1.33 bits per heavy atom. The second-order valence-electron chi connectivity index (χ2n) is 0.224. The Kier molecular flexibility index (Phi) is 25.0. The summed E-state index contributed by atoms with van der Waals surface area (Å²) < 4.78 is 0. The van der Waals surface area contributed by atoms with E-state index in [-0.39, 0.29) is 27.2 Å². The van der Waals surface area contributed by atoms with E-state index in [0.29, 0.717) is 0 Å². The first kappa shape index (κ1) is 16.9. The van der Waals surface area contributed by atoms with Crippen LogP contribution in [0.25, 0.3) is 0 Å². The fraction of sp³-hybridized carbons (Fsp3) is 0. The zero-order valence-corrected chi connectivity index (χ0v) is 4.97. The van der Waals surface area contributed by atoms with Gasteiger partial charge in [-0.25, -0.2) is 0 Å². The summed E-state index contributed by atoms with van der Waals surface area (Å²) in [6.07, 6.45) is 0. The van der Waals surface area contributed by atoms with E-state index in [9.17, 15) is 0 Å². The van der Waals surface area contributed by atoms with Gasteiger partial charge in [-0.2, -0.15) is 0 Å². The van der Waals surface area contributed by atoms with Crippen LogP contribution in [0.4, 0.5) is 0 Å². The van der Waals surface area contributed by atoms with Gasteiger partial charge in [0.2, 0.25) is 0 Å². The Hall–Kier alpha value is -0.152. The standard InChI is InChI=1S/NO3.H3N.Pt/c2-1(3)4;;/h;1H3;/q-1;;+2. The van der Waals surface area contributed by atoms with Crippen LogP contribution in [-0.4, -0.2) is 5.09 Å². The largest absolute Gasteiger partial charge is 2.00 e. The predicted octanol–water partition coefficient (Wildman–Crippen LogP) is -0.0796. The Bertz CT molecular complexity index is 31.8. The van der Waals surface area contributed by atoms with Gasteiger partial charge in [-0.15, -0.1) is 0 Å². The minimum absolute atomic E-state index is 0. The van der Waals surface area contributed by atoms with E-state index >= 15 is 0 Å². The summed E-state index contributed by atoms with van der Waals surface area (Å²) in [5.74, 6) is 0. The summed E-state index contributed by atoms with van der Waals surface area (Å²) in [4.78, 5) is 8.25. The first-order valence-corrected chi connectivity index (χ1v) is 0.548. The van der Waals surface area contributed by atoms with Crippen LogP contribution < -0.4 is 6.15 Å². The Labute approximate surface area is 48.3 Å². The molecule has 0 saturated heterocycles. The molecule has 0 amide bonds. The van der Waals surface area contributed by atoms with Crippen LogP contribution in [0.2, 0.25) is 0 Å². The third-order valence-electron chi connectivity index (χ3n) is 0. The van der Waals surface area contributed by atoms with Crippen LogP contribution in [0.15, 0.2) is 0 Å². The second kappa shape index (κ2) is 8.85. The average Bonchev–Trinajstić information content (AvgIpc) is 0.811. The van der Waals surface area contributed by atoms with E-state index in [0.717, 1.165) is 0 Å². The number of rotatable bonds is 0. The maximum Gasteiger partial charge on any atom is 2.00 e. The molecule has 0 aliphatic heterocycles. The molecule has 0 fully saturated rings. The predicted molar refractivity (Wildman–Crippen MR) is 15.4 cm³/mol. The van der Waals surface area contributed by atoms with Crippen LogP contribution >= 0.6 is 0 Å². The van der Waals surface area contributed by atoms with Crippen molar-refractivity contribution in [3.8, 4) is 0 Å². The van der Waals surface area contributed by atoms with Gasteiger partial charge in [0.15, 0.2) is 0 Å². The third kappa shape index (κ3) is 1360. The smallest absolute Gasteiger partial charge is 0.356 e. The van der Waals surface area contributed by atoms with E-state index in [1.807, 2.05) is 0 Å². The topological polar surface area (TPSA) is 101 Å². The molecule has 0 saturated carbocycles. The average molecular weight is 274 g/mol. The zero-order chi connectivity index (χ0) is 3.58. The van der Waals surface area contributed by atoms with Gasteiger partial charge in [-0.3, -0.25) is 0 Å². The Morgan fingerprint density at radius 2 is 1.33 bits per heavy atom. The summed E-state index contributed by atoms with van der Waals surface area (Å²) in [7, 11) is 0. The van der Waals surface area contributed by atoms with Crippen LogP contribution in [0.5, 0.6) is 0 Å². The Balaban J connectivity index is -0.0000000450. The molecule has 6 heavy (non-hydrogen) atoms. The molecule has 0 unspecified atom stereocenters. The van der Waals surface area contributed by atoms with Crippen molar-refractivity contribution in [1.82, 2.24) is 6.15 Å². The van der Waals surface area contributed by atoms with Crippen molar-refractivity contribution in [1.29, 1.82) is 0 Å². The molecular weight excluding hydrogens is 271 g/mol. The second-order valence-corrected chi connectivity index (χ2v) is 0.224. The number of nitrogens with zero attached hydrogens (tertiary/aromatic N) is 1. The molecule has 0 atom stereocenters. The van der Waals surface area contributed by atoms with Gasteiger partial charge in [-0.05, 0) is 0 Å². The van der Waals surface area contributed by atoms with E-state index in [4.69, 9.17) is 15.3 Å². The fourth-order valence-corrected chi connectivity index (χ4v) is 0. The molecule has 0 rings (SSSR count). The molecule has 0 heterocycles. The molecule has 0 aliphatic rings. The van der Waals surface area contributed by atoms with Crippen molar-refractivity contribution < 1.29 is 26.2 Å². The summed E-state index contributed by atoms with van der Waals surface area (Å²) in [6.45, 7) is 0. The monoisotopic (exact) mass is 274 g/mol. The molecule has 0 aromatic carbocycles. The van der Waals surface area contributed by atoms with Gasteiger partial charge >= 0.3 is 21.1 Å². The minimum Gasteiger partial charge on any atom is -0.356 e. The Morgan fingerprint density at radius 3 is 1.33 bits per heavy atom. The maximum atomic E-state index is 8.25. The van der Waals surface area contributed by atoms with Gasteiger partial charge in [0.25, 0.3) is 0 Å². The van der Waals surface area contributed by atoms with Gasteiger partial charge < -0.3 is 21.5 Å². The van der Waals surface area contributed by atoms with Gasteiger partial charge in [0.05, 0.1) is 5.09 Å². The molecular formula is H3N2O3Pt+. The first-order valence-electron chi connectivity index (χ1n) is 0.548. The quantitative estimate of drug-likeness (QED) is 0.493. The fourth-order valence-electron chi connectivity index (χ4n) is 0. The molecule has 0 aromatic heterocycles. The number of hydrogen-bond acceptors (Lipinski definition) is 4. The molecule has 0 aromatic rings. The van der Waals surface area contributed by atoms with Crippen molar-refractivity contribution >= 4 is 0 Å². The minimum atomic E-state index is -1.75. The molecule has 0 radical (unpaired) electrons. The summed E-state index contributed by atoms with van der Waals surface area (Å²) in [6, 6.07) is 0. The third-order valence-corrected chi connectivity index (χ3v) is 0. The molecule has 5 nitrogen and oxygen atoms in total. The zero-order valence-electron chi connectivity index (χ0n) is 2.70. The van der Waals surface area contributed by atoms with Crippen LogP contribution in [-0.2, 0) is 21.1 Å². The van der Waals surface area contributed by atoms with Gasteiger partial charge in [-0.1, -0.05) is 0 Å². The van der Waals surface area contributed by atoms with Gasteiger partial charge in [0, 0.05) is 0 Å². The molecule has 0 aliphatic carbocycles. The molecule has 0 bridgehead atoms. The van der Waals surface area contributed by atoms with Crippen molar-refractivity contribution in [2.45, 2.75) is 0 Å². The molecule has 40 valence electrons.